The summed E-state index contributed by atoms with van der Waals surface area (Å²) < 4.78 is 4.92. The molecule has 1 aliphatic heterocycles. The van der Waals surface area contributed by atoms with Crippen molar-refractivity contribution in [1.82, 2.24) is 4.98 Å². The van der Waals surface area contributed by atoms with Gasteiger partial charge in [-0.3, -0.25) is 4.79 Å². The number of methoxy groups -OCH3 is 1. The van der Waals surface area contributed by atoms with Crippen LogP contribution in [0, 0.1) is 0 Å². The van der Waals surface area contributed by atoms with E-state index in [1.807, 2.05) is 0 Å². The molecule has 1 N–H and O–H groups in total. The Morgan fingerprint density at radius 2 is 2.42 bits per heavy atom. The third kappa shape index (κ3) is 1.01. The van der Waals surface area contributed by atoms with E-state index in [2.05, 4.69) is 10.3 Å². The first-order valence-electron chi connectivity index (χ1n) is 3.63. The summed E-state index contributed by atoms with van der Waals surface area (Å²) in [5.74, 6) is 0.538. The summed E-state index contributed by atoms with van der Waals surface area (Å²) in [7, 11) is 1.55. The fourth-order valence-corrected chi connectivity index (χ4v) is 1.19. The van der Waals surface area contributed by atoms with Gasteiger partial charge in [-0.25, -0.2) is 4.98 Å². The molecule has 1 aliphatic rings. The Morgan fingerprint density at radius 1 is 1.58 bits per heavy atom. The number of anilines is 1. The van der Waals surface area contributed by atoms with Crippen LogP contribution in [0.1, 0.15) is 5.69 Å². The standard InChI is InChI=1S/C8H8N2O2/c1-12-8-3-2-5-6(10-8)4-7(11)9-5/h2-3H,4H2,1H3,(H,9,11). The molecule has 0 saturated heterocycles. The molecule has 0 unspecified atom stereocenters. The summed E-state index contributed by atoms with van der Waals surface area (Å²) in [6.45, 7) is 0. The minimum absolute atomic E-state index is 0.00856. The summed E-state index contributed by atoms with van der Waals surface area (Å²) in [4.78, 5) is 15.0. The number of amides is 1. The SMILES string of the molecule is COc1ccc2c(n1)CC(=O)N2. The lowest BCUT2D eigenvalue weighted by atomic mass is 10.3. The zero-order valence-electron chi connectivity index (χ0n) is 6.63. The van der Waals surface area contributed by atoms with Crippen molar-refractivity contribution in [3.8, 4) is 5.88 Å². The molecule has 2 rings (SSSR count). The monoisotopic (exact) mass is 164 g/mol. The number of pyridine rings is 1. The van der Waals surface area contributed by atoms with Gasteiger partial charge in [0.1, 0.15) is 0 Å². The predicted molar refractivity (Wildman–Crippen MR) is 43.1 cm³/mol. The molecule has 0 bridgehead atoms. The normalized spacial score (nSPS) is 13.9. The first-order valence-corrected chi connectivity index (χ1v) is 3.63. The zero-order chi connectivity index (χ0) is 8.55. The zero-order valence-corrected chi connectivity index (χ0v) is 6.63. The Hall–Kier alpha value is -1.58. The maximum atomic E-state index is 10.9. The Morgan fingerprint density at radius 3 is 3.17 bits per heavy atom. The van der Waals surface area contributed by atoms with Crippen molar-refractivity contribution in [3.05, 3.63) is 17.8 Å². The molecular formula is C8H8N2O2. The molecule has 0 spiro atoms. The molecule has 0 aliphatic carbocycles. The topological polar surface area (TPSA) is 51.2 Å². The van der Waals surface area contributed by atoms with Gasteiger partial charge in [-0.05, 0) is 6.07 Å². The number of ether oxygens (including phenoxy) is 1. The summed E-state index contributed by atoms with van der Waals surface area (Å²) in [6.07, 6.45) is 0.354. The second-order valence-corrected chi connectivity index (χ2v) is 2.57. The van der Waals surface area contributed by atoms with Gasteiger partial charge in [-0.1, -0.05) is 0 Å². The van der Waals surface area contributed by atoms with Gasteiger partial charge in [-0.15, -0.1) is 0 Å². The van der Waals surface area contributed by atoms with Crippen molar-refractivity contribution >= 4 is 11.6 Å². The average molecular weight is 164 g/mol. The van der Waals surface area contributed by atoms with Crippen molar-refractivity contribution in [2.45, 2.75) is 6.42 Å². The molecule has 12 heavy (non-hydrogen) atoms. The molecule has 4 nitrogen and oxygen atoms in total. The van der Waals surface area contributed by atoms with E-state index >= 15 is 0 Å². The van der Waals surface area contributed by atoms with Gasteiger partial charge in [0.2, 0.25) is 11.8 Å². The van der Waals surface area contributed by atoms with Crippen LogP contribution in [-0.2, 0) is 11.2 Å². The minimum Gasteiger partial charge on any atom is -0.481 e. The second kappa shape index (κ2) is 2.48. The lowest BCUT2D eigenvalue weighted by molar-refractivity contribution is -0.115. The van der Waals surface area contributed by atoms with E-state index in [-0.39, 0.29) is 5.91 Å². The predicted octanol–water partition coefficient (Wildman–Crippen LogP) is 0.585. The Bertz CT molecular complexity index is 336. The number of nitrogens with zero attached hydrogens (tertiary/aromatic N) is 1. The van der Waals surface area contributed by atoms with Crippen LogP contribution < -0.4 is 10.1 Å². The first kappa shape index (κ1) is 7.09. The summed E-state index contributed by atoms with van der Waals surface area (Å²) >= 11 is 0. The van der Waals surface area contributed by atoms with Crippen LogP contribution in [0.4, 0.5) is 5.69 Å². The number of hydrogen-bond acceptors (Lipinski definition) is 3. The summed E-state index contributed by atoms with van der Waals surface area (Å²) in [5.41, 5.74) is 1.56. The van der Waals surface area contributed by atoms with Gasteiger partial charge in [0.05, 0.1) is 24.9 Å². The number of carbonyl (C=O) groups is 1. The van der Waals surface area contributed by atoms with E-state index in [0.717, 1.165) is 11.4 Å². The van der Waals surface area contributed by atoms with Gasteiger partial charge >= 0.3 is 0 Å². The fourth-order valence-electron chi connectivity index (χ4n) is 1.19. The van der Waals surface area contributed by atoms with Crippen molar-refractivity contribution in [2.24, 2.45) is 0 Å². The highest BCUT2D eigenvalue weighted by Gasteiger charge is 2.18. The molecule has 0 fully saturated rings. The Balaban J connectivity index is 2.41. The third-order valence-electron chi connectivity index (χ3n) is 1.76. The quantitative estimate of drug-likeness (QED) is 0.660. The molecule has 2 heterocycles. The number of carbonyl (C=O) groups excluding carboxylic acids is 1. The molecule has 1 amide bonds. The fraction of sp³-hybridized carbons (Fsp3) is 0.250. The van der Waals surface area contributed by atoms with Gasteiger partial charge in [-0.2, -0.15) is 0 Å². The van der Waals surface area contributed by atoms with Crippen molar-refractivity contribution in [3.63, 3.8) is 0 Å². The average Bonchev–Trinajstić information content (AvgIpc) is 2.43. The molecule has 0 saturated carbocycles. The van der Waals surface area contributed by atoms with E-state index in [4.69, 9.17) is 4.74 Å². The summed E-state index contributed by atoms with van der Waals surface area (Å²) in [5, 5.41) is 2.69. The van der Waals surface area contributed by atoms with Crippen LogP contribution in [-0.4, -0.2) is 18.0 Å². The van der Waals surface area contributed by atoms with Crippen LogP contribution >= 0.6 is 0 Å². The van der Waals surface area contributed by atoms with Gasteiger partial charge < -0.3 is 10.1 Å². The first-order chi connectivity index (χ1) is 5.79. The van der Waals surface area contributed by atoms with Crippen molar-refractivity contribution in [1.29, 1.82) is 0 Å². The Labute approximate surface area is 69.6 Å². The van der Waals surface area contributed by atoms with Crippen LogP contribution in [0.15, 0.2) is 12.1 Å². The van der Waals surface area contributed by atoms with Crippen molar-refractivity contribution < 1.29 is 9.53 Å². The van der Waals surface area contributed by atoms with Crippen molar-refractivity contribution in [2.75, 3.05) is 12.4 Å². The summed E-state index contributed by atoms with van der Waals surface area (Å²) in [6, 6.07) is 3.52. The van der Waals surface area contributed by atoms with Gasteiger partial charge in [0.15, 0.2) is 0 Å². The van der Waals surface area contributed by atoms with Crippen LogP contribution in [0.2, 0.25) is 0 Å². The molecule has 62 valence electrons. The number of aromatic nitrogens is 1. The minimum atomic E-state index is -0.00856. The second-order valence-electron chi connectivity index (χ2n) is 2.57. The van der Waals surface area contributed by atoms with E-state index in [1.165, 1.54) is 0 Å². The molecule has 0 radical (unpaired) electrons. The van der Waals surface area contributed by atoms with Crippen LogP contribution in [0.3, 0.4) is 0 Å². The lowest BCUT2D eigenvalue weighted by Crippen LogP contribution is -2.03. The van der Waals surface area contributed by atoms with Gasteiger partial charge in [0, 0.05) is 6.07 Å². The Kier molecular flexibility index (Phi) is 1.46. The van der Waals surface area contributed by atoms with E-state index in [1.54, 1.807) is 19.2 Å². The number of fused-ring (bicyclic) bond motifs is 1. The highest BCUT2D eigenvalue weighted by Crippen LogP contribution is 2.22. The highest BCUT2D eigenvalue weighted by molar-refractivity contribution is 5.98. The largest absolute Gasteiger partial charge is 0.481 e. The van der Waals surface area contributed by atoms with E-state index in [0.29, 0.717) is 12.3 Å². The molecule has 1 aromatic rings. The maximum absolute atomic E-state index is 10.9. The van der Waals surface area contributed by atoms with E-state index < -0.39 is 0 Å². The molecule has 1 aromatic heterocycles. The highest BCUT2D eigenvalue weighted by atomic mass is 16.5. The number of hydrogen-bond donors (Lipinski definition) is 1. The van der Waals surface area contributed by atoms with E-state index in [9.17, 15) is 4.79 Å². The molecular weight excluding hydrogens is 156 g/mol. The van der Waals surface area contributed by atoms with Crippen LogP contribution in [0.5, 0.6) is 5.88 Å². The number of nitrogens with one attached hydrogen (secondary N) is 1. The number of rotatable bonds is 1. The third-order valence-corrected chi connectivity index (χ3v) is 1.76. The molecule has 0 atom stereocenters. The maximum Gasteiger partial charge on any atom is 0.230 e. The van der Waals surface area contributed by atoms with Crippen LogP contribution in [0.25, 0.3) is 0 Å². The smallest absolute Gasteiger partial charge is 0.230 e. The molecule has 0 aromatic carbocycles. The van der Waals surface area contributed by atoms with Gasteiger partial charge in [0.25, 0.3) is 0 Å². The lowest BCUT2D eigenvalue weighted by Gasteiger charge is -2.00. The molecule has 4 heteroatoms.